The molecule has 7 nitrogen and oxygen atoms in total. The number of pyridine rings is 1. The first-order valence-electron chi connectivity index (χ1n) is 8.56. The highest BCUT2D eigenvalue weighted by Crippen LogP contribution is 2.30. The fraction of sp³-hybridized carbons (Fsp3) is 0.500. The molecule has 130 valence electrons. The van der Waals surface area contributed by atoms with Gasteiger partial charge in [-0.1, -0.05) is 0 Å². The first-order valence-corrected chi connectivity index (χ1v) is 8.56. The summed E-state index contributed by atoms with van der Waals surface area (Å²) in [5.74, 6) is 0.919. The maximum Gasteiger partial charge on any atom is 0.178 e. The number of fused-ring (bicyclic) bond motifs is 3. The summed E-state index contributed by atoms with van der Waals surface area (Å²) in [5, 5.41) is 19.0. The van der Waals surface area contributed by atoms with Gasteiger partial charge in [0.05, 0.1) is 37.7 Å². The second-order valence-corrected chi connectivity index (χ2v) is 6.64. The van der Waals surface area contributed by atoms with Gasteiger partial charge in [-0.25, -0.2) is 4.98 Å². The van der Waals surface area contributed by atoms with Crippen LogP contribution in [0.1, 0.15) is 38.1 Å². The molecule has 0 aromatic carbocycles. The van der Waals surface area contributed by atoms with Gasteiger partial charge < -0.3 is 18.8 Å². The molecule has 0 amide bonds. The van der Waals surface area contributed by atoms with Crippen molar-refractivity contribution >= 4 is 22.1 Å². The Labute approximate surface area is 144 Å². The maximum absolute atomic E-state index is 10.2. The summed E-state index contributed by atoms with van der Waals surface area (Å²) in [6.45, 7) is 3.01. The molecule has 25 heavy (non-hydrogen) atoms. The molecule has 1 fully saturated rings. The predicted molar refractivity (Wildman–Crippen MR) is 90.6 cm³/mol. The molecule has 0 aliphatic carbocycles. The van der Waals surface area contributed by atoms with Crippen molar-refractivity contribution < 1.29 is 14.3 Å². The second kappa shape index (κ2) is 6.47. The lowest BCUT2D eigenvalue weighted by Crippen LogP contribution is -2.29. The van der Waals surface area contributed by atoms with Crippen molar-refractivity contribution in [3.05, 3.63) is 24.4 Å². The van der Waals surface area contributed by atoms with Crippen LogP contribution in [-0.2, 0) is 11.3 Å². The van der Waals surface area contributed by atoms with Gasteiger partial charge in [-0.2, -0.15) is 5.26 Å². The zero-order valence-corrected chi connectivity index (χ0v) is 14.1. The minimum absolute atomic E-state index is 0.0398. The molecule has 3 aromatic rings. The Hall–Kier alpha value is -2.43. The van der Waals surface area contributed by atoms with Crippen LogP contribution >= 0.6 is 0 Å². The van der Waals surface area contributed by atoms with Crippen LogP contribution in [0.15, 0.2) is 22.9 Å². The third-order valence-electron chi connectivity index (χ3n) is 4.81. The Morgan fingerprint density at radius 2 is 2.32 bits per heavy atom. The second-order valence-electron chi connectivity index (χ2n) is 6.64. The van der Waals surface area contributed by atoms with Gasteiger partial charge in [0.1, 0.15) is 28.5 Å². The van der Waals surface area contributed by atoms with E-state index in [-0.39, 0.29) is 6.10 Å². The smallest absolute Gasteiger partial charge is 0.178 e. The fourth-order valence-corrected chi connectivity index (χ4v) is 3.56. The quantitative estimate of drug-likeness (QED) is 0.784. The lowest BCUT2D eigenvalue weighted by atomic mass is 9.97. The van der Waals surface area contributed by atoms with Crippen LogP contribution in [0.5, 0.6) is 0 Å². The molecule has 0 bridgehead atoms. The van der Waals surface area contributed by atoms with Crippen molar-refractivity contribution in [2.24, 2.45) is 5.92 Å². The maximum atomic E-state index is 10.2. The van der Waals surface area contributed by atoms with E-state index < -0.39 is 6.10 Å². The molecular weight excluding hydrogens is 320 g/mol. The van der Waals surface area contributed by atoms with Gasteiger partial charge in [0.15, 0.2) is 5.58 Å². The average Bonchev–Trinajstić information content (AvgIpc) is 3.21. The zero-order chi connectivity index (χ0) is 17.4. The van der Waals surface area contributed by atoms with E-state index in [1.54, 1.807) is 19.4 Å². The standard InChI is InChI=1S/C18H20N4O3/c1-11(23)18-21-15-8-20-14-5-7-24-17(14)16(15)22(18)9-12-2-3-13(4-6-19)25-10-12/h5,7-8,11-13,23H,2-4,9-10H2,1H3/t11-,12-,13-/m1/s1. The number of hydrogen-bond donors (Lipinski definition) is 1. The van der Waals surface area contributed by atoms with E-state index in [4.69, 9.17) is 14.4 Å². The van der Waals surface area contributed by atoms with Crippen molar-refractivity contribution in [1.29, 1.82) is 5.26 Å². The number of aliphatic hydroxyl groups excluding tert-OH is 1. The summed E-state index contributed by atoms with van der Waals surface area (Å²) in [6.07, 6.45) is 5.00. The SMILES string of the molecule is C[C@@H](O)c1nc2cnc3ccoc3c2n1C[C@H]1CC[C@H](CC#N)OC1. The summed E-state index contributed by atoms with van der Waals surface area (Å²) < 4.78 is 13.5. The Kier molecular flexibility index (Phi) is 4.15. The highest BCUT2D eigenvalue weighted by atomic mass is 16.5. The highest BCUT2D eigenvalue weighted by Gasteiger charge is 2.25. The summed E-state index contributed by atoms with van der Waals surface area (Å²) in [5.41, 5.74) is 3.05. The van der Waals surface area contributed by atoms with E-state index in [1.807, 2.05) is 10.6 Å². The lowest BCUT2D eigenvalue weighted by molar-refractivity contribution is -0.0172. The molecule has 3 atom stereocenters. The number of hydrogen-bond acceptors (Lipinski definition) is 6. The molecule has 1 saturated heterocycles. The zero-order valence-electron chi connectivity index (χ0n) is 14.1. The molecule has 4 rings (SSSR count). The van der Waals surface area contributed by atoms with Crippen LogP contribution in [0.4, 0.5) is 0 Å². The first-order chi connectivity index (χ1) is 12.2. The van der Waals surface area contributed by atoms with E-state index in [9.17, 15) is 5.11 Å². The Morgan fingerprint density at radius 3 is 3.04 bits per heavy atom. The summed E-state index contributed by atoms with van der Waals surface area (Å²) >= 11 is 0. The number of nitrogens with zero attached hydrogens (tertiary/aromatic N) is 4. The number of nitriles is 1. The van der Waals surface area contributed by atoms with Gasteiger partial charge in [-0.15, -0.1) is 0 Å². The Morgan fingerprint density at radius 1 is 1.44 bits per heavy atom. The number of furan rings is 1. The molecule has 7 heteroatoms. The van der Waals surface area contributed by atoms with Crippen LogP contribution in [0.3, 0.4) is 0 Å². The van der Waals surface area contributed by atoms with Crippen molar-refractivity contribution in [2.45, 2.75) is 44.9 Å². The number of aromatic nitrogens is 3. The van der Waals surface area contributed by atoms with Crippen LogP contribution < -0.4 is 0 Å². The van der Waals surface area contributed by atoms with Crippen molar-refractivity contribution in [1.82, 2.24) is 14.5 Å². The molecular formula is C18H20N4O3. The summed E-state index contributed by atoms with van der Waals surface area (Å²) in [6, 6.07) is 3.99. The van der Waals surface area contributed by atoms with Crippen molar-refractivity contribution in [3.63, 3.8) is 0 Å². The van der Waals surface area contributed by atoms with Gasteiger partial charge in [0.2, 0.25) is 0 Å². The lowest BCUT2D eigenvalue weighted by Gasteiger charge is -2.28. The number of imidazole rings is 1. The van der Waals surface area contributed by atoms with Crippen LogP contribution in [0, 0.1) is 17.2 Å². The molecule has 0 unspecified atom stereocenters. The molecule has 4 heterocycles. The molecule has 1 aliphatic heterocycles. The van der Waals surface area contributed by atoms with Gasteiger partial charge in [-0.05, 0) is 19.8 Å². The minimum Gasteiger partial charge on any atom is -0.460 e. The van der Waals surface area contributed by atoms with Gasteiger partial charge in [0, 0.05) is 18.5 Å². The van der Waals surface area contributed by atoms with Crippen molar-refractivity contribution in [3.8, 4) is 6.07 Å². The number of rotatable bonds is 4. The third-order valence-corrected chi connectivity index (χ3v) is 4.81. The normalized spacial score (nSPS) is 22.3. The summed E-state index contributed by atoms with van der Waals surface area (Å²) in [7, 11) is 0. The van der Waals surface area contributed by atoms with E-state index in [1.165, 1.54) is 0 Å². The third kappa shape index (κ3) is 2.88. The molecule has 1 aliphatic rings. The predicted octanol–water partition coefficient (Wildman–Crippen LogP) is 2.94. The van der Waals surface area contributed by atoms with Crippen LogP contribution in [0.25, 0.3) is 22.1 Å². The molecule has 1 N–H and O–H groups in total. The Balaban J connectivity index is 1.69. The van der Waals surface area contributed by atoms with E-state index in [2.05, 4.69) is 16.0 Å². The number of ether oxygens (including phenoxy) is 1. The average molecular weight is 340 g/mol. The van der Waals surface area contributed by atoms with Gasteiger partial charge in [0.25, 0.3) is 0 Å². The monoisotopic (exact) mass is 340 g/mol. The molecule has 0 saturated carbocycles. The topological polar surface area (TPSA) is 97.1 Å². The first kappa shape index (κ1) is 16.1. The fourth-order valence-electron chi connectivity index (χ4n) is 3.56. The van der Waals surface area contributed by atoms with E-state index in [0.717, 1.165) is 29.4 Å². The minimum atomic E-state index is -0.687. The highest BCUT2D eigenvalue weighted by molar-refractivity contribution is 5.98. The number of aliphatic hydroxyl groups is 1. The molecule has 3 aromatic heterocycles. The van der Waals surface area contributed by atoms with Crippen LogP contribution in [0.2, 0.25) is 0 Å². The summed E-state index contributed by atoms with van der Waals surface area (Å²) in [4.78, 5) is 8.91. The Bertz CT molecular complexity index is 929. The largest absolute Gasteiger partial charge is 0.460 e. The molecule has 0 radical (unpaired) electrons. The van der Waals surface area contributed by atoms with Gasteiger partial charge >= 0.3 is 0 Å². The van der Waals surface area contributed by atoms with Gasteiger partial charge in [-0.3, -0.25) is 4.98 Å². The molecule has 0 spiro atoms. The van der Waals surface area contributed by atoms with Crippen molar-refractivity contribution in [2.75, 3.05) is 6.61 Å². The van der Waals surface area contributed by atoms with Crippen LogP contribution in [-0.4, -0.2) is 32.4 Å². The van der Waals surface area contributed by atoms with E-state index >= 15 is 0 Å². The van der Waals surface area contributed by atoms with E-state index in [0.29, 0.717) is 36.9 Å².